The maximum atomic E-state index is 12.3. The second-order valence-corrected chi connectivity index (χ2v) is 9.23. The lowest BCUT2D eigenvalue weighted by molar-refractivity contribution is -0.154. The van der Waals surface area contributed by atoms with Crippen molar-refractivity contribution in [2.45, 2.75) is 19.9 Å². The maximum absolute atomic E-state index is 12.3. The lowest BCUT2D eigenvalue weighted by atomic mass is 10.2. The van der Waals surface area contributed by atoms with Gasteiger partial charge in [0.1, 0.15) is 17.6 Å². The lowest BCUT2D eigenvalue weighted by Gasteiger charge is -2.27. The van der Waals surface area contributed by atoms with E-state index in [-0.39, 0.29) is 12.4 Å². The van der Waals surface area contributed by atoms with Crippen LogP contribution in [0.1, 0.15) is 13.8 Å². The fraction of sp³-hybridized carbons (Fsp3) is 0.320. The minimum absolute atomic E-state index is 0.0362. The smallest absolute Gasteiger partial charge is 0.329 e. The number of aromatic nitrogens is 1. The van der Waals surface area contributed by atoms with E-state index in [1.165, 1.54) is 14.0 Å². The predicted molar refractivity (Wildman–Crippen MR) is 145 cm³/mol. The first-order valence-electron chi connectivity index (χ1n) is 11.6. The number of nitrogens with zero attached hydrogens (tertiary/aromatic N) is 2. The number of hydrogen-bond acceptors (Lipinski definition) is 10. The third-order valence-electron chi connectivity index (χ3n) is 5.23. The summed E-state index contributed by atoms with van der Waals surface area (Å²) in [6.45, 7) is 2.05. The average molecular weight is 561 g/mol. The molecule has 0 saturated carbocycles. The molecule has 1 atom stereocenters. The Morgan fingerprint density at radius 2 is 1.82 bits per heavy atom. The number of esters is 1. The zero-order valence-corrected chi connectivity index (χ0v) is 22.8. The second kappa shape index (κ2) is 13.6. The fourth-order valence-corrected chi connectivity index (χ4v) is 4.72. The van der Waals surface area contributed by atoms with Crippen molar-refractivity contribution >= 4 is 57.9 Å². The van der Waals surface area contributed by atoms with Crippen LogP contribution in [-0.4, -0.2) is 72.2 Å². The van der Waals surface area contributed by atoms with Crippen molar-refractivity contribution in [2.24, 2.45) is 0 Å². The number of thiazole rings is 1. The molecule has 3 amide bonds. The van der Waals surface area contributed by atoms with Gasteiger partial charge in [0.25, 0.3) is 11.8 Å². The number of fused-ring (bicyclic) bond motifs is 1. The molecule has 0 fully saturated rings. The zero-order chi connectivity index (χ0) is 27.7. The van der Waals surface area contributed by atoms with Crippen molar-refractivity contribution in [3.05, 3.63) is 42.5 Å². The topological polar surface area (TPSA) is 136 Å². The van der Waals surface area contributed by atoms with Crippen molar-refractivity contribution in [3.8, 4) is 22.1 Å². The van der Waals surface area contributed by atoms with E-state index >= 15 is 0 Å². The first-order chi connectivity index (χ1) is 18.3. The van der Waals surface area contributed by atoms with Crippen molar-refractivity contribution in [3.63, 3.8) is 0 Å². The van der Waals surface area contributed by atoms with Gasteiger partial charge in [0.2, 0.25) is 5.91 Å². The highest BCUT2D eigenvalue weighted by atomic mass is 32.1. The van der Waals surface area contributed by atoms with Gasteiger partial charge in [0, 0.05) is 18.2 Å². The molecular weight excluding hydrogens is 532 g/mol. The van der Waals surface area contributed by atoms with Crippen molar-refractivity contribution in [2.75, 3.05) is 32.6 Å². The van der Waals surface area contributed by atoms with Crippen LogP contribution in [0.25, 0.3) is 20.8 Å². The number of carbonyl (C=O) groups is 4. The number of methoxy groups -OCH3 is 1. The maximum Gasteiger partial charge on any atom is 0.329 e. The summed E-state index contributed by atoms with van der Waals surface area (Å²) in [6, 6.07) is 12.0. The van der Waals surface area contributed by atoms with Gasteiger partial charge in [0.05, 0.1) is 23.9 Å². The van der Waals surface area contributed by atoms with Crippen LogP contribution in [0.15, 0.2) is 42.5 Å². The molecule has 0 saturated heterocycles. The van der Waals surface area contributed by atoms with E-state index in [0.717, 1.165) is 25.7 Å². The summed E-state index contributed by atoms with van der Waals surface area (Å²) in [4.78, 5) is 54.3. The summed E-state index contributed by atoms with van der Waals surface area (Å²) < 4.78 is 17.0. The lowest BCUT2D eigenvalue weighted by Crippen LogP contribution is -2.53. The Balaban J connectivity index is 1.55. The SMILES string of the molecule is CCOC(=O)[C@H](CS)N(CC(=O)NNC(=O)COc1ccc(-c2nc3ccccc3s2)cc1OC)C(C)=O. The standard InChI is InChI=1S/C25H28N4O7S2/c1-4-35-25(33)18(14-37)29(15(2)30)12-22(31)27-28-23(32)13-36-19-10-9-16(11-20(19)34-3)24-26-17-7-5-6-8-21(17)38-24/h5-11,18,37H,4,12-14H2,1-3H3,(H,27,31)(H,28,32)/t18-/m0/s1. The van der Waals surface area contributed by atoms with Crippen LogP contribution in [0.3, 0.4) is 0 Å². The van der Waals surface area contributed by atoms with Gasteiger partial charge in [-0.05, 0) is 37.3 Å². The van der Waals surface area contributed by atoms with E-state index in [4.69, 9.17) is 14.2 Å². The number of carbonyl (C=O) groups excluding carboxylic acids is 4. The molecule has 202 valence electrons. The monoisotopic (exact) mass is 560 g/mol. The number of nitrogens with one attached hydrogen (secondary N) is 2. The zero-order valence-electron chi connectivity index (χ0n) is 21.1. The van der Waals surface area contributed by atoms with E-state index in [2.05, 4.69) is 28.5 Å². The highest BCUT2D eigenvalue weighted by Crippen LogP contribution is 2.35. The van der Waals surface area contributed by atoms with Gasteiger partial charge in [-0.15, -0.1) is 11.3 Å². The molecule has 0 aliphatic carbocycles. The van der Waals surface area contributed by atoms with Crippen LogP contribution < -0.4 is 20.3 Å². The molecular formula is C25H28N4O7S2. The minimum Gasteiger partial charge on any atom is -0.493 e. The molecule has 3 rings (SSSR count). The molecule has 0 unspecified atom stereocenters. The number of ether oxygens (including phenoxy) is 3. The summed E-state index contributed by atoms with van der Waals surface area (Å²) in [5.41, 5.74) is 6.15. The molecule has 1 heterocycles. The second-order valence-electron chi connectivity index (χ2n) is 7.83. The van der Waals surface area contributed by atoms with Crippen LogP contribution >= 0.6 is 24.0 Å². The Morgan fingerprint density at radius 1 is 1.08 bits per heavy atom. The van der Waals surface area contributed by atoms with E-state index in [0.29, 0.717) is 11.5 Å². The van der Waals surface area contributed by atoms with E-state index in [1.807, 2.05) is 30.3 Å². The van der Waals surface area contributed by atoms with E-state index in [1.54, 1.807) is 30.4 Å². The molecule has 3 aromatic rings. The third kappa shape index (κ3) is 7.35. The molecule has 13 heteroatoms. The molecule has 2 aromatic carbocycles. The summed E-state index contributed by atoms with van der Waals surface area (Å²) >= 11 is 5.63. The average Bonchev–Trinajstić information content (AvgIpc) is 3.35. The molecule has 0 radical (unpaired) electrons. The van der Waals surface area contributed by atoms with Gasteiger partial charge < -0.3 is 19.1 Å². The highest BCUT2D eigenvalue weighted by Gasteiger charge is 2.29. The molecule has 2 N–H and O–H groups in total. The Labute approximate surface area is 228 Å². The molecule has 38 heavy (non-hydrogen) atoms. The van der Waals surface area contributed by atoms with Gasteiger partial charge in [-0.3, -0.25) is 25.2 Å². The number of hydrogen-bond donors (Lipinski definition) is 3. The van der Waals surface area contributed by atoms with E-state index < -0.39 is 42.9 Å². The number of amides is 3. The van der Waals surface area contributed by atoms with Crippen LogP contribution in [0, 0.1) is 0 Å². The Hall–Kier alpha value is -3.84. The quantitative estimate of drug-likeness (QED) is 0.185. The summed E-state index contributed by atoms with van der Waals surface area (Å²) in [6.07, 6.45) is 0. The number of thiol groups is 1. The van der Waals surface area contributed by atoms with Crippen LogP contribution in [0.2, 0.25) is 0 Å². The normalized spacial score (nSPS) is 11.4. The van der Waals surface area contributed by atoms with Crippen molar-refractivity contribution < 1.29 is 33.4 Å². The molecule has 1 aromatic heterocycles. The van der Waals surface area contributed by atoms with Crippen LogP contribution in [0.4, 0.5) is 0 Å². The molecule has 11 nitrogen and oxygen atoms in total. The summed E-state index contributed by atoms with van der Waals surface area (Å²) in [7, 11) is 1.49. The summed E-state index contributed by atoms with van der Waals surface area (Å²) in [5.74, 6) is -1.87. The fourth-order valence-electron chi connectivity index (χ4n) is 3.41. The van der Waals surface area contributed by atoms with E-state index in [9.17, 15) is 19.2 Å². The largest absolute Gasteiger partial charge is 0.493 e. The van der Waals surface area contributed by atoms with Crippen molar-refractivity contribution in [1.29, 1.82) is 0 Å². The van der Waals surface area contributed by atoms with Gasteiger partial charge in [-0.1, -0.05) is 12.1 Å². The predicted octanol–water partition coefficient (Wildman–Crippen LogP) is 2.21. The number of para-hydroxylation sites is 1. The van der Waals surface area contributed by atoms with Gasteiger partial charge in [-0.25, -0.2) is 9.78 Å². The molecule has 0 spiro atoms. The molecule has 0 bridgehead atoms. The minimum atomic E-state index is -1.04. The first-order valence-corrected chi connectivity index (χ1v) is 13.0. The van der Waals surface area contributed by atoms with Gasteiger partial charge in [0.15, 0.2) is 18.1 Å². The van der Waals surface area contributed by atoms with Gasteiger partial charge in [-0.2, -0.15) is 12.6 Å². The Kier molecular flexibility index (Phi) is 10.3. The van der Waals surface area contributed by atoms with Gasteiger partial charge >= 0.3 is 5.97 Å². The number of rotatable bonds is 11. The first kappa shape index (κ1) is 28.7. The molecule has 0 aliphatic rings. The van der Waals surface area contributed by atoms with Crippen LogP contribution in [0.5, 0.6) is 11.5 Å². The van der Waals surface area contributed by atoms with Crippen molar-refractivity contribution in [1.82, 2.24) is 20.7 Å². The van der Waals surface area contributed by atoms with Crippen LogP contribution in [-0.2, 0) is 23.9 Å². The Bertz CT molecular complexity index is 1280. The summed E-state index contributed by atoms with van der Waals surface area (Å²) in [5, 5.41) is 0.819. The number of benzene rings is 2. The highest BCUT2D eigenvalue weighted by molar-refractivity contribution is 7.80. The third-order valence-corrected chi connectivity index (χ3v) is 6.66. The number of hydrazine groups is 1. The molecule has 0 aliphatic heterocycles. The Morgan fingerprint density at radius 3 is 2.47 bits per heavy atom.